The third kappa shape index (κ3) is 6.77. The van der Waals surface area contributed by atoms with Crippen LogP contribution in [-0.4, -0.2) is 40.1 Å². The summed E-state index contributed by atoms with van der Waals surface area (Å²) in [5.41, 5.74) is 6.03. The molecule has 3 aromatic heterocycles. The van der Waals surface area contributed by atoms with Crippen molar-refractivity contribution >= 4 is 34.7 Å². The van der Waals surface area contributed by atoms with E-state index in [4.69, 9.17) is 15.0 Å². The maximum atomic E-state index is 9.28. The summed E-state index contributed by atoms with van der Waals surface area (Å²) in [6.07, 6.45) is 8.02. The largest absolute Gasteiger partial charge is 0.351 e. The molecule has 0 atom stereocenters. The number of aryl methyl sites for hydroxylation is 2. The van der Waals surface area contributed by atoms with Gasteiger partial charge < -0.3 is 15.4 Å². The lowest BCUT2D eigenvalue weighted by Crippen LogP contribution is -2.23. The Hall–Kier alpha value is -3.74. The van der Waals surface area contributed by atoms with Crippen LogP contribution in [0.2, 0.25) is 0 Å². The summed E-state index contributed by atoms with van der Waals surface area (Å²) in [5, 5.41) is 15.5. The van der Waals surface area contributed by atoms with Crippen molar-refractivity contribution in [3.05, 3.63) is 65.5 Å². The minimum absolute atomic E-state index is 0.459. The zero-order chi connectivity index (χ0) is 26.9. The molecular weight excluding hydrogens is 492 g/mol. The van der Waals surface area contributed by atoms with Crippen LogP contribution in [0, 0.1) is 25.2 Å². The molecule has 1 fully saturated rings. The second-order valence-electron chi connectivity index (χ2n) is 9.37. The van der Waals surface area contributed by atoms with Gasteiger partial charge in [-0.2, -0.15) is 5.26 Å². The molecule has 5 rings (SSSR count). The van der Waals surface area contributed by atoms with E-state index in [1.54, 1.807) is 6.07 Å². The third-order valence-electron chi connectivity index (χ3n) is 6.31. The number of fused-ring (bicyclic) bond motifs is 1. The average Bonchev–Trinajstić information content (AvgIpc) is 2.93. The van der Waals surface area contributed by atoms with E-state index in [9.17, 15) is 5.26 Å². The molecule has 38 heavy (non-hydrogen) atoms. The SMILES string of the molecule is CNC.Cc1nc(NSc2ccccc2C#N)ccc1-c1cc(C)c2nc(NC3CCCCC3)ncc2n1. The molecule has 0 aliphatic heterocycles. The Bertz CT molecular complexity index is 1430. The van der Waals surface area contributed by atoms with E-state index >= 15 is 0 Å². The van der Waals surface area contributed by atoms with Gasteiger partial charge in [0.2, 0.25) is 5.95 Å². The van der Waals surface area contributed by atoms with Gasteiger partial charge >= 0.3 is 0 Å². The van der Waals surface area contributed by atoms with Gasteiger partial charge in [0.1, 0.15) is 17.4 Å². The van der Waals surface area contributed by atoms with Gasteiger partial charge in [0.25, 0.3) is 0 Å². The second kappa shape index (κ2) is 13.2. The number of nitrogens with zero attached hydrogens (tertiary/aromatic N) is 5. The molecule has 8 nitrogen and oxygen atoms in total. The fourth-order valence-electron chi connectivity index (χ4n) is 4.46. The Morgan fingerprint density at radius 3 is 2.47 bits per heavy atom. The molecule has 1 aliphatic carbocycles. The standard InChI is InChI=1S/C27H27N7S.C2H7N/c1-17-14-22(32-23-16-29-27(33-26(17)23)31-20-9-4-3-5-10-20)21-12-13-25(30-18(21)2)34-35-24-11-7-6-8-19(24)15-28;1-3-2/h6-8,11-14,16,20H,3-5,9-10H2,1-2H3,(H,30,34)(H,29,31,33);3H,1-2H3. The van der Waals surface area contributed by atoms with Crippen molar-refractivity contribution < 1.29 is 0 Å². The van der Waals surface area contributed by atoms with E-state index in [1.807, 2.05) is 57.5 Å². The second-order valence-corrected chi connectivity index (χ2v) is 10.2. The van der Waals surface area contributed by atoms with Crippen molar-refractivity contribution in [3.8, 4) is 17.3 Å². The number of hydrogen-bond acceptors (Lipinski definition) is 9. The summed E-state index contributed by atoms with van der Waals surface area (Å²) in [5.74, 6) is 1.41. The van der Waals surface area contributed by atoms with Gasteiger partial charge in [-0.1, -0.05) is 31.4 Å². The number of nitrogens with one attached hydrogen (secondary N) is 3. The van der Waals surface area contributed by atoms with Gasteiger partial charge in [0.05, 0.1) is 23.0 Å². The predicted octanol–water partition coefficient (Wildman–Crippen LogP) is 6.27. The van der Waals surface area contributed by atoms with E-state index in [2.05, 4.69) is 39.4 Å². The van der Waals surface area contributed by atoms with Crippen LogP contribution in [0.25, 0.3) is 22.3 Å². The van der Waals surface area contributed by atoms with E-state index < -0.39 is 0 Å². The summed E-state index contributed by atoms with van der Waals surface area (Å²) < 4.78 is 3.24. The van der Waals surface area contributed by atoms with Crippen LogP contribution in [0.15, 0.2) is 53.6 Å². The first-order chi connectivity index (χ1) is 18.5. The molecule has 0 amide bonds. The number of anilines is 2. The summed E-state index contributed by atoms with van der Waals surface area (Å²) in [7, 11) is 3.75. The summed E-state index contributed by atoms with van der Waals surface area (Å²) >= 11 is 1.38. The van der Waals surface area contributed by atoms with Gasteiger partial charge in [-0.3, -0.25) is 0 Å². The highest BCUT2D eigenvalue weighted by Crippen LogP contribution is 2.29. The van der Waals surface area contributed by atoms with Gasteiger partial charge in [-0.25, -0.2) is 19.9 Å². The monoisotopic (exact) mass is 526 g/mol. The number of pyridine rings is 2. The molecule has 0 spiro atoms. The smallest absolute Gasteiger partial charge is 0.223 e. The van der Waals surface area contributed by atoms with Crippen molar-refractivity contribution in [3.63, 3.8) is 0 Å². The first-order valence-electron chi connectivity index (χ1n) is 12.9. The number of rotatable bonds is 6. The average molecular weight is 527 g/mol. The Labute approximate surface area is 228 Å². The van der Waals surface area contributed by atoms with E-state index in [0.717, 1.165) is 44.3 Å². The lowest BCUT2D eigenvalue weighted by molar-refractivity contribution is 0.461. The molecular formula is C29H34N8S. The zero-order valence-corrected chi connectivity index (χ0v) is 23.2. The van der Waals surface area contributed by atoms with Crippen LogP contribution in [0.1, 0.15) is 48.9 Å². The van der Waals surface area contributed by atoms with Crippen molar-refractivity contribution in [2.45, 2.75) is 56.9 Å². The topological polar surface area (TPSA) is 111 Å². The molecule has 0 saturated heterocycles. The molecule has 1 aliphatic rings. The van der Waals surface area contributed by atoms with Crippen molar-refractivity contribution in [2.24, 2.45) is 0 Å². The molecule has 0 radical (unpaired) electrons. The van der Waals surface area contributed by atoms with Crippen molar-refractivity contribution in [1.82, 2.24) is 25.3 Å². The zero-order valence-electron chi connectivity index (χ0n) is 22.4. The molecule has 0 unspecified atom stereocenters. The quantitative estimate of drug-likeness (QED) is 0.250. The Kier molecular flexibility index (Phi) is 9.46. The first kappa shape index (κ1) is 27.3. The maximum absolute atomic E-state index is 9.28. The Balaban J connectivity index is 0.00000107. The van der Waals surface area contributed by atoms with E-state index in [0.29, 0.717) is 17.6 Å². The van der Waals surface area contributed by atoms with Crippen molar-refractivity contribution in [1.29, 1.82) is 5.26 Å². The van der Waals surface area contributed by atoms with Crippen LogP contribution >= 0.6 is 11.9 Å². The van der Waals surface area contributed by atoms with Crippen LogP contribution in [-0.2, 0) is 0 Å². The van der Waals surface area contributed by atoms with Gasteiger partial charge in [0.15, 0.2) is 0 Å². The molecule has 1 saturated carbocycles. The number of aromatic nitrogens is 4. The lowest BCUT2D eigenvalue weighted by atomic mass is 9.96. The van der Waals surface area contributed by atoms with Crippen LogP contribution < -0.4 is 15.4 Å². The maximum Gasteiger partial charge on any atom is 0.223 e. The summed E-state index contributed by atoms with van der Waals surface area (Å²) in [6, 6.07) is 16.2. The molecule has 4 aromatic rings. The van der Waals surface area contributed by atoms with Gasteiger partial charge in [-0.05, 0) is 88.6 Å². The van der Waals surface area contributed by atoms with Crippen LogP contribution in [0.3, 0.4) is 0 Å². The van der Waals surface area contributed by atoms with E-state index in [-0.39, 0.29) is 0 Å². The number of hydrogen-bond donors (Lipinski definition) is 3. The summed E-state index contributed by atoms with van der Waals surface area (Å²) in [6.45, 7) is 4.04. The van der Waals surface area contributed by atoms with Gasteiger partial charge in [0, 0.05) is 22.2 Å². The lowest BCUT2D eigenvalue weighted by Gasteiger charge is -2.22. The van der Waals surface area contributed by atoms with Crippen LogP contribution in [0.5, 0.6) is 0 Å². The highest BCUT2D eigenvalue weighted by atomic mass is 32.2. The van der Waals surface area contributed by atoms with Gasteiger partial charge in [-0.15, -0.1) is 0 Å². The molecule has 1 aromatic carbocycles. The molecule has 3 N–H and O–H groups in total. The molecule has 196 valence electrons. The fraction of sp³-hybridized carbons (Fsp3) is 0.345. The number of nitriles is 1. The fourth-order valence-corrected chi connectivity index (χ4v) is 5.16. The molecule has 0 bridgehead atoms. The highest BCUT2D eigenvalue weighted by molar-refractivity contribution is 8.00. The highest BCUT2D eigenvalue weighted by Gasteiger charge is 2.16. The van der Waals surface area contributed by atoms with E-state index in [1.165, 1.54) is 44.1 Å². The predicted molar refractivity (Wildman–Crippen MR) is 156 cm³/mol. The minimum atomic E-state index is 0.459. The summed E-state index contributed by atoms with van der Waals surface area (Å²) in [4.78, 5) is 19.7. The normalized spacial score (nSPS) is 13.3. The first-order valence-corrected chi connectivity index (χ1v) is 13.7. The van der Waals surface area contributed by atoms with Crippen LogP contribution in [0.4, 0.5) is 11.8 Å². The molecule has 9 heteroatoms. The Morgan fingerprint density at radius 1 is 0.974 bits per heavy atom. The molecule has 3 heterocycles. The van der Waals surface area contributed by atoms with Crippen molar-refractivity contribution in [2.75, 3.05) is 24.1 Å². The third-order valence-corrected chi connectivity index (χ3v) is 7.20. The Morgan fingerprint density at radius 2 is 1.74 bits per heavy atom. The number of benzene rings is 1. The minimum Gasteiger partial charge on any atom is -0.351 e.